The number of likely N-dealkylation sites (N-methyl/N-ethyl adjacent to an activating group) is 1. The minimum Gasteiger partial charge on any atom is -0.410 e. The smallest absolute Gasteiger partial charge is 0.224 e. The Labute approximate surface area is 182 Å². The molecule has 0 bridgehead atoms. The molecule has 0 radical (unpaired) electrons. The van der Waals surface area contributed by atoms with Crippen LogP contribution in [0.1, 0.15) is 42.5 Å². The predicted molar refractivity (Wildman–Crippen MR) is 123 cm³/mol. The largest absolute Gasteiger partial charge is 0.410 e. The van der Waals surface area contributed by atoms with Crippen molar-refractivity contribution >= 4 is 17.1 Å². The third-order valence-electron chi connectivity index (χ3n) is 6.81. The summed E-state index contributed by atoms with van der Waals surface area (Å²) in [5.41, 5.74) is 5.87. The fourth-order valence-corrected chi connectivity index (χ4v) is 4.91. The van der Waals surface area contributed by atoms with Crippen molar-refractivity contribution in [2.45, 2.75) is 31.4 Å². The summed E-state index contributed by atoms with van der Waals surface area (Å²) in [6.45, 7) is 4.45. The Morgan fingerprint density at radius 2 is 1.58 bits per heavy atom. The molecule has 2 heterocycles. The Morgan fingerprint density at radius 3 is 2.26 bits per heavy atom. The number of fused-ring (bicyclic) bond motifs is 1. The first-order chi connectivity index (χ1) is 15.0. The molecule has 0 saturated heterocycles. The molecule has 0 aliphatic carbocycles. The van der Waals surface area contributed by atoms with Gasteiger partial charge in [-0.05, 0) is 31.0 Å². The van der Waals surface area contributed by atoms with Gasteiger partial charge in [0.2, 0.25) is 5.72 Å². The zero-order valence-corrected chi connectivity index (χ0v) is 17.9. The van der Waals surface area contributed by atoms with Crippen molar-refractivity contribution < 1.29 is 10.0 Å². The van der Waals surface area contributed by atoms with E-state index >= 15 is 0 Å². The van der Waals surface area contributed by atoms with E-state index in [1.54, 1.807) is 0 Å². The summed E-state index contributed by atoms with van der Waals surface area (Å²) in [6, 6.07) is 26.1. The Hall–Kier alpha value is -3.60. The molecule has 3 aromatic rings. The van der Waals surface area contributed by atoms with Crippen LogP contribution in [0.5, 0.6) is 0 Å². The average molecular weight is 412 g/mol. The Bertz CT molecular complexity index is 1180. The van der Waals surface area contributed by atoms with Crippen LogP contribution >= 0.6 is 0 Å². The molecular weight excluding hydrogens is 386 g/mol. The molecule has 5 heteroatoms. The van der Waals surface area contributed by atoms with E-state index in [0.717, 1.165) is 22.4 Å². The summed E-state index contributed by atoms with van der Waals surface area (Å²) < 4.78 is 0. The monoisotopic (exact) mass is 411 g/mol. The molecule has 0 saturated carbocycles. The first-order valence-corrected chi connectivity index (χ1v) is 10.4. The highest BCUT2D eigenvalue weighted by atomic mass is 16.7. The molecule has 1 atom stereocenters. The molecule has 0 fully saturated rings. The Kier molecular flexibility index (Phi) is 4.36. The standard InChI is InChI=1S/C26H25N3O2/c1-25(2)21-11-7-8-12-23(21)29(3)26(25)17-22(28-31-26)18-13-15-20(16-14-18)24(27-30)19-9-5-4-6-10-19/h4-16,30H,17H2,1-3H3/t26-/m0/s1. The van der Waals surface area contributed by atoms with Gasteiger partial charge in [-0.15, -0.1) is 0 Å². The number of benzene rings is 3. The van der Waals surface area contributed by atoms with E-state index in [0.29, 0.717) is 12.1 Å². The third kappa shape index (κ3) is 2.76. The predicted octanol–water partition coefficient (Wildman–Crippen LogP) is 5.16. The van der Waals surface area contributed by atoms with E-state index in [1.807, 2.05) is 54.6 Å². The van der Waals surface area contributed by atoms with E-state index in [2.05, 4.69) is 60.4 Å². The van der Waals surface area contributed by atoms with Crippen LogP contribution in [0.2, 0.25) is 0 Å². The van der Waals surface area contributed by atoms with Gasteiger partial charge in [0, 0.05) is 23.9 Å². The molecule has 31 heavy (non-hydrogen) atoms. The molecule has 3 aromatic carbocycles. The number of hydrogen-bond donors (Lipinski definition) is 1. The second-order valence-electron chi connectivity index (χ2n) is 8.68. The molecule has 0 aromatic heterocycles. The number of nitrogens with zero attached hydrogens (tertiary/aromatic N) is 3. The molecule has 1 N–H and O–H groups in total. The minimum atomic E-state index is -0.549. The maximum absolute atomic E-state index is 9.56. The molecule has 2 aliphatic rings. The van der Waals surface area contributed by atoms with Crippen molar-refractivity contribution in [3.8, 4) is 0 Å². The molecule has 5 rings (SSSR count). The van der Waals surface area contributed by atoms with Crippen LogP contribution in [-0.2, 0) is 10.3 Å². The highest BCUT2D eigenvalue weighted by Gasteiger charge is 2.61. The highest BCUT2D eigenvalue weighted by molar-refractivity contribution is 6.13. The number of hydrogen-bond acceptors (Lipinski definition) is 5. The summed E-state index contributed by atoms with van der Waals surface area (Å²) in [5, 5.41) is 17.6. The van der Waals surface area contributed by atoms with Gasteiger partial charge in [0.05, 0.1) is 17.5 Å². The second-order valence-corrected chi connectivity index (χ2v) is 8.68. The van der Waals surface area contributed by atoms with Crippen molar-refractivity contribution in [1.29, 1.82) is 0 Å². The number of para-hydroxylation sites is 1. The Balaban J connectivity index is 1.42. The summed E-state index contributed by atoms with van der Waals surface area (Å²) in [7, 11) is 2.08. The van der Waals surface area contributed by atoms with Crippen molar-refractivity contribution in [3.05, 3.63) is 101 Å². The average Bonchev–Trinajstić information content (AvgIpc) is 3.33. The van der Waals surface area contributed by atoms with E-state index in [1.165, 1.54) is 11.3 Å². The summed E-state index contributed by atoms with van der Waals surface area (Å²) in [4.78, 5) is 8.42. The van der Waals surface area contributed by atoms with Crippen LogP contribution in [0.25, 0.3) is 0 Å². The quantitative estimate of drug-likeness (QED) is 0.368. The summed E-state index contributed by atoms with van der Waals surface area (Å²) >= 11 is 0. The lowest BCUT2D eigenvalue weighted by molar-refractivity contribution is -0.0591. The van der Waals surface area contributed by atoms with E-state index in [9.17, 15) is 5.21 Å². The zero-order valence-electron chi connectivity index (χ0n) is 17.9. The Morgan fingerprint density at radius 1 is 0.935 bits per heavy atom. The molecule has 1 spiro atoms. The van der Waals surface area contributed by atoms with Crippen LogP contribution in [0.4, 0.5) is 5.69 Å². The normalized spacial score (nSPS) is 21.7. The fourth-order valence-electron chi connectivity index (χ4n) is 4.91. The molecular formula is C26H25N3O2. The van der Waals surface area contributed by atoms with Crippen molar-refractivity contribution in [3.63, 3.8) is 0 Å². The maximum atomic E-state index is 9.56. The number of anilines is 1. The van der Waals surface area contributed by atoms with Gasteiger partial charge in [0.25, 0.3) is 0 Å². The van der Waals surface area contributed by atoms with Gasteiger partial charge >= 0.3 is 0 Å². The van der Waals surface area contributed by atoms with E-state index < -0.39 is 5.72 Å². The lowest BCUT2D eigenvalue weighted by Crippen LogP contribution is -2.54. The van der Waals surface area contributed by atoms with Gasteiger partial charge in [0.15, 0.2) is 0 Å². The lowest BCUT2D eigenvalue weighted by atomic mass is 9.75. The van der Waals surface area contributed by atoms with Crippen LogP contribution in [0, 0.1) is 0 Å². The molecule has 0 unspecified atom stereocenters. The van der Waals surface area contributed by atoms with Crippen molar-refractivity contribution in [2.24, 2.45) is 10.3 Å². The second kappa shape index (κ2) is 6.98. The molecule has 2 aliphatic heterocycles. The van der Waals surface area contributed by atoms with E-state index in [4.69, 9.17) is 4.84 Å². The van der Waals surface area contributed by atoms with Crippen molar-refractivity contribution in [2.75, 3.05) is 11.9 Å². The van der Waals surface area contributed by atoms with Gasteiger partial charge in [-0.25, -0.2) is 0 Å². The van der Waals surface area contributed by atoms with Gasteiger partial charge in [-0.2, -0.15) is 0 Å². The topological polar surface area (TPSA) is 57.4 Å². The van der Waals surface area contributed by atoms with Gasteiger partial charge < -0.3 is 14.9 Å². The lowest BCUT2D eigenvalue weighted by Gasteiger charge is -2.40. The van der Waals surface area contributed by atoms with Crippen molar-refractivity contribution in [1.82, 2.24) is 0 Å². The maximum Gasteiger partial charge on any atom is 0.224 e. The van der Waals surface area contributed by atoms with Crippen LogP contribution in [0.15, 0.2) is 89.2 Å². The van der Waals surface area contributed by atoms with Gasteiger partial charge in [0.1, 0.15) is 5.71 Å². The van der Waals surface area contributed by atoms with Crippen LogP contribution < -0.4 is 4.90 Å². The van der Waals surface area contributed by atoms with E-state index in [-0.39, 0.29) is 5.41 Å². The van der Waals surface area contributed by atoms with Gasteiger partial charge in [-0.3, -0.25) is 0 Å². The van der Waals surface area contributed by atoms with Crippen LogP contribution in [0.3, 0.4) is 0 Å². The SMILES string of the molecule is CN1c2ccccc2C(C)(C)[C@@]12CC(c1ccc(C(=NO)c3ccccc3)cc1)=NO2. The number of oxime groups is 2. The number of rotatable bonds is 3. The van der Waals surface area contributed by atoms with Crippen LogP contribution in [-0.4, -0.2) is 29.4 Å². The highest BCUT2D eigenvalue weighted by Crippen LogP contribution is 2.55. The first-order valence-electron chi connectivity index (χ1n) is 10.4. The molecule has 0 amide bonds. The minimum absolute atomic E-state index is 0.215. The summed E-state index contributed by atoms with van der Waals surface area (Å²) in [6.07, 6.45) is 0.685. The molecule has 5 nitrogen and oxygen atoms in total. The summed E-state index contributed by atoms with van der Waals surface area (Å²) in [5.74, 6) is 0. The van der Waals surface area contributed by atoms with Gasteiger partial charge in [-0.1, -0.05) is 83.1 Å². The third-order valence-corrected chi connectivity index (χ3v) is 6.81. The first kappa shape index (κ1) is 19.4. The zero-order chi connectivity index (χ0) is 21.6. The fraction of sp³-hybridized carbons (Fsp3) is 0.231. The molecule has 156 valence electrons.